The molecule has 0 saturated heterocycles. The molecule has 1 aliphatic heterocycles. The molecular formula is C33H32N4O3. The Kier molecular flexibility index (Phi) is 7.19. The van der Waals surface area contributed by atoms with Gasteiger partial charge in [0, 0.05) is 31.7 Å². The summed E-state index contributed by atoms with van der Waals surface area (Å²) in [6.45, 7) is 1.46. The van der Waals surface area contributed by atoms with Gasteiger partial charge in [0.15, 0.2) is 0 Å². The summed E-state index contributed by atoms with van der Waals surface area (Å²) in [5, 5.41) is 6.09. The van der Waals surface area contributed by atoms with E-state index in [9.17, 15) is 9.59 Å². The van der Waals surface area contributed by atoms with Crippen LogP contribution in [0.25, 0.3) is 11.1 Å². The number of methoxy groups -OCH3 is 1. The van der Waals surface area contributed by atoms with Crippen molar-refractivity contribution in [1.29, 1.82) is 0 Å². The lowest BCUT2D eigenvalue weighted by Gasteiger charge is -2.32. The van der Waals surface area contributed by atoms with Crippen molar-refractivity contribution < 1.29 is 14.3 Å². The Morgan fingerprint density at radius 2 is 1.82 bits per heavy atom. The average molecular weight is 533 g/mol. The summed E-state index contributed by atoms with van der Waals surface area (Å²) in [6.07, 6.45) is 3.24. The predicted molar refractivity (Wildman–Crippen MR) is 155 cm³/mol. The summed E-state index contributed by atoms with van der Waals surface area (Å²) in [5.74, 6) is 1.70. The first-order valence-electron chi connectivity index (χ1n) is 13.7. The van der Waals surface area contributed by atoms with E-state index >= 15 is 0 Å². The number of nitrogens with one attached hydrogen (secondary N) is 2. The minimum absolute atomic E-state index is 0.00920. The smallest absolute Gasteiger partial charge is 0.323 e. The van der Waals surface area contributed by atoms with Crippen LogP contribution in [-0.2, 0) is 24.3 Å². The lowest BCUT2D eigenvalue weighted by molar-refractivity contribution is -0.122. The molecule has 2 aliphatic rings. The van der Waals surface area contributed by atoms with Gasteiger partial charge in [-0.15, -0.1) is 0 Å². The van der Waals surface area contributed by atoms with Gasteiger partial charge >= 0.3 is 6.03 Å². The second-order valence-corrected chi connectivity index (χ2v) is 10.4. The summed E-state index contributed by atoms with van der Waals surface area (Å²) in [5.41, 5.74) is 6.73. The third-order valence-electron chi connectivity index (χ3n) is 7.88. The van der Waals surface area contributed by atoms with Crippen LogP contribution in [0.5, 0.6) is 5.75 Å². The first-order valence-corrected chi connectivity index (χ1v) is 13.7. The van der Waals surface area contributed by atoms with Crippen molar-refractivity contribution in [2.24, 2.45) is 5.92 Å². The number of amides is 3. The van der Waals surface area contributed by atoms with Crippen molar-refractivity contribution in [2.75, 3.05) is 19.0 Å². The first-order chi connectivity index (χ1) is 19.6. The molecule has 4 aromatic rings. The van der Waals surface area contributed by atoms with E-state index < -0.39 is 0 Å². The molecule has 0 radical (unpaired) electrons. The zero-order valence-electron chi connectivity index (χ0n) is 22.5. The molecule has 1 saturated carbocycles. The summed E-state index contributed by atoms with van der Waals surface area (Å²) < 4.78 is 5.47. The van der Waals surface area contributed by atoms with E-state index in [2.05, 4.69) is 45.9 Å². The number of hydrogen-bond donors (Lipinski definition) is 2. The minimum Gasteiger partial charge on any atom is -0.497 e. The number of urea groups is 1. The standard InChI is InChI=1S/C33H32N4O3/c1-40-25-11-7-10-23(18-25)26-14-13-24(20-35-32(38)29-19-28(29)22-8-3-2-4-9-22)30-21-37(17-15-27(26)30)33(39)36-31-12-5-6-16-34-31/h2-14,16,18,28-29H,15,17,19-21H2,1H3,(H,35,38)(H,34,36,39)/t28-,29+/m0/s1. The highest BCUT2D eigenvalue weighted by Gasteiger charge is 2.43. The quantitative estimate of drug-likeness (QED) is 0.317. The maximum Gasteiger partial charge on any atom is 0.323 e. The van der Waals surface area contributed by atoms with Gasteiger partial charge in [-0.25, -0.2) is 9.78 Å². The molecule has 0 spiro atoms. The van der Waals surface area contributed by atoms with Gasteiger partial charge in [-0.3, -0.25) is 10.1 Å². The van der Waals surface area contributed by atoms with Crippen molar-refractivity contribution >= 4 is 17.8 Å². The van der Waals surface area contributed by atoms with Crippen LogP contribution in [-0.4, -0.2) is 35.5 Å². The molecule has 7 nitrogen and oxygen atoms in total. The number of rotatable bonds is 7. The fraction of sp³-hybridized carbons (Fsp3) is 0.242. The van der Waals surface area contributed by atoms with Crippen molar-refractivity contribution in [3.8, 4) is 16.9 Å². The number of nitrogens with zero attached hydrogens (tertiary/aromatic N) is 2. The third-order valence-corrected chi connectivity index (χ3v) is 7.88. The topological polar surface area (TPSA) is 83.6 Å². The van der Waals surface area contributed by atoms with Gasteiger partial charge in [-0.1, -0.05) is 60.7 Å². The highest BCUT2D eigenvalue weighted by molar-refractivity contribution is 5.88. The van der Waals surface area contributed by atoms with Crippen LogP contribution in [0.2, 0.25) is 0 Å². The third kappa shape index (κ3) is 5.41. The first kappa shape index (κ1) is 25.6. The number of ether oxygens (including phenoxy) is 1. The molecule has 7 heteroatoms. The Labute approximate surface area is 234 Å². The monoisotopic (exact) mass is 532 g/mol. The Balaban J connectivity index is 1.24. The van der Waals surface area contributed by atoms with Gasteiger partial charge in [0.2, 0.25) is 5.91 Å². The van der Waals surface area contributed by atoms with Gasteiger partial charge in [0.05, 0.1) is 7.11 Å². The second kappa shape index (κ2) is 11.2. The van der Waals surface area contributed by atoms with Crippen molar-refractivity contribution in [3.63, 3.8) is 0 Å². The van der Waals surface area contributed by atoms with Crippen LogP contribution in [0.4, 0.5) is 10.6 Å². The largest absolute Gasteiger partial charge is 0.497 e. The molecule has 0 unspecified atom stereocenters. The average Bonchev–Trinajstić information content (AvgIpc) is 3.82. The van der Waals surface area contributed by atoms with E-state index in [1.54, 1.807) is 19.4 Å². The number of anilines is 1. The fourth-order valence-corrected chi connectivity index (χ4v) is 5.63. The molecule has 3 amide bonds. The molecular weight excluding hydrogens is 500 g/mol. The molecule has 2 N–H and O–H groups in total. The summed E-state index contributed by atoms with van der Waals surface area (Å²) in [6, 6.07) is 27.7. The highest BCUT2D eigenvalue weighted by Crippen LogP contribution is 2.47. The molecule has 1 aromatic heterocycles. The van der Waals surface area contributed by atoms with E-state index in [1.807, 2.05) is 53.4 Å². The van der Waals surface area contributed by atoms with Gasteiger partial charge in [-0.2, -0.15) is 0 Å². The Bertz CT molecular complexity index is 1520. The number of pyridine rings is 1. The SMILES string of the molecule is COc1cccc(-c2ccc(CNC(=O)[C@@H]3C[C@H]3c3ccccc3)c3c2CCN(C(=O)Nc2ccccn2)C3)c1. The van der Waals surface area contributed by atoms with Crippen LogP contribution in [0.3, 0.4) is 0 Å². The number of fused-ring (bicyclic) bond motifs is 1. The second-order valence-electron chi connectivity index (χ2n) is 10.4. The molecule has 2 heterocycles. The molecule has 6 rings (SSSR count). The summed E-state index contributed by atoms with van der Waals surface area (Å²) >= 11 is 0. The lowest BCUT2D eigenvalue weighted by atomic mass is 9.87. The van der Waals surface area contributed by atoms with E-state index in [4.69, 9.17) is 4.74 Å². The van der Waals surface area contributed by atoms with E-state index in [1.165, 1.54) is 11.1 Å². The molecule has 202 valence electrons. The predicted octanol–water partition coefficient (Wildman–Crippen LogP) is 5.77. The summed E-state index contributed by atoms with van der Waals surface area (Å²) in [7, 11) is 1.67. The van der Waals surface area contributed by atoms with Gasteiger partial charge in [0.25, 0.3) is 0 Å². The molecule has 3 aromatic carbocycles. The molecule has 40 heavy (non-hydrogen) atoms. The summed E-state index contributed by atoms with van der Waals surface area (Å²) in [4.78, 5) is 32.2. The maximum atomic E-state index is 13.2. The fourth-order valence-electron chi connectivity index (χ4n) is 5.63. The number of benzene rings is 3. The Morgan fingerprint density at radius 3 is 2.62 bits per heavy atom. The Morgan fingerprint density at radius 1 is 0.975 bits per heavy atom. The zero-order chi connectivity index (χ0) is 27.5. The molecule has 1 aliphatic carbocycles. The van der Waals surface area contributed by atoms with E-state index in [0.717, 1.165) is 34.4 Å². The van der Waals surface area contributed by atoms with Crippen LogP contribution in [0.1, 0.15) is 34.6 Å². The normalized spacial score (nSPS) is 17.5. The van der Waals surface area contributed by atoms with Crippen LogP contribution in [0, 0.1) is 5.92 Å². The zero-order valence-corrected chi connectivity index (χ0v) is 22.5. The van der Waals surface area contributed by atoms with Crippen molar-refractivity contribution in [3.05, 3.63) is 113 Å². The number of hydrogen-bond acceptors (Lipinski definition) is 4. The Hall–Kier alpha value is -4.65. The van der Waals surface area contributed by atoms with Gasteiger partial charge < -0.3 is 15.0 Å². The molecule has 1 fully saturated rings. The van der Waals surface area contributed by atoms with E-state index in [0.29, 0.717) is 31.9 Å². The van der Waals surface area contributed by atoms with Gasteiger partial charge in [-0.05, 0) is 76.4 Å². The van der Waals surface area contributed by atoms with Crippen LogP contribution in [0.15, 0.2) is 91.1 Å². The minimum atomic E-state index is -0.185. The van der Waals surface area contributed by atoms with Crippen LogP contribution >= 0.6 is 0 Å². The van der Waals surface area contributed by atoms with Crippen molar-refractivity contribution in [1.82, 2.24) is 15.2 Å². The lowest BCUT2D eigenvalue weighted by Crippen LogP contribution is -2.40. The van der Waals surface area contributed by atoms with Crippen molar-refractivity contribution in [2.45, 2.75) is 31.8 Å². The number of carbonyl (C=O) groups is 2. The molecule has 0 bridgehead atoms. The van der Waals surface area contributed by atoms with Crippen LogP contribution < -0.4 is 15.4 Å². The maximum absolute atomic E-state index is 13.2. The highest BCUT2D eigenvalue weighted by atomic mass is 16.5. The van der Waals surface area contributed by atoms with E-state index in [-0.39, 0.29) is 23.8 Å². The number of aromatic nitrogens is 1. The van der Waals surface area contributed by atoms with Gasteiger partial charge in [0.1, 0.15) is 11.6 Å². The molecule has 2 atom stereocenters. The number of carbonyl (C=O) groups excluding carboxylic acids is 2.